The molecule has 0 aliphatic carbocycles. The molecule has 3 N–H and O–H groups in total. The van der Waals surface area contributed by atoms with Crippen LogP contribution in [0.4, 0.5) is 16.2 Å². The van der Waals surface area contributed by atoms with E-state index in [2.05, 4.69) is 15.2 Å². The molecule has 3 aromatic rings. The maximum atomic E-state index is 13.5. The van der Waals surface area contributed by atoms with Crippen molar-refractivity contribution in [2.75, 3.05) is 36.8 Å². The molecule has 0 saturated heterocycles. The molecule has 0 spiro atoms. The minimum absolute atomic E-state index is 0.0301. The van der Waals surface area contributed by atoms with Gasteiger partial charge in [-0.15, -0.1) is 0 Å². The molecule has 0 bridgehead atoms. The molecule has 232 valence electrons. The highest BCUT2D eigenvalue weighted by Gasteiger charge is 2.32. The number of aliphatic hydroxyl groups is 1. The summed E-state index contributed by atoms with van der Waals surface area (Å²) in [6.07, 6.45) is -0.645. The molecule has 2 heterocycles. The number of sulfonamides is 1. The number of nitrogens with one attached hydrogen (secondary N) is 2. The molecule has 1 aromatic heterocycles. The van der Waals surface area contributed by atoms with Crippen LogP contribution < -0.4 is 14.8 Å². The minimum atomic E-state index is -3.93. The van der Waals surface area contributed by atoms with Gasteiger partial charge >= 0.3 is 6.03 Å². The van der Waals surface area contributed by atoms with Crippen LogP contribution in [0.25, 0.3) is 0 Å². The van der Waals surface area contributed by atoms with E-state index in [0.29, 0.717) is 33.5 Å². The van der Waals surface area contributed by atoms with E-state index in [1.54, 1.807) is 50.9 Å². The van der Waals surface area contributed by atoms with E-state index >= 15 is 0 Å². The number of rotatable bonds is 8. The summed E-state index contributed by atoms with van der Waals surface area (Å²) in [5.74, 6) is 0.370. The van der Waals surface area contributed by atoms with Gasteiger partial charge in [0.15, 0.2) is 5.76 Å². The number of carbonyl (C=O) groups excluding carboxylic acids is 2. The van der Waals surface area contributed by atoms with E-state index in [1.165, 1.54) is 29.2 Å². The molecule has 3 amide bonds. The Morgan fingerprint density at radius 3 is 2.56 bits per heavy atom. The topological polar surface area (TPSA) is 154 Å². The van der Waals surface area contributed by atoms with Crippen LogP contribution in [0.1, 0.15) is 30.9 Å². The van der Waals surface area contributed by atoms with Crippen LogP contribution in [0, 0.1) is 19.8 Å². The SMILES string of the molecule is Cc1noc(C)c1NC(=O)N(C)C[C@@H]1Oc2ccc(NS(=O)(=O)c3ccc(Cl)cc3)cc2CC(=O)N([C@@H](C)CO)C[C@H]1C. The number of halogens is 1. The number of hydrogen-bond donors (Lipinski definition) is 3. The highest BCUT2D eigenvalue weighted by Crippen LogP contribution is 2.30. The van der Waals surface area contributed by atoms with Crippen LogP contribution in [-0.2, 0) is 21.2 Å². The van der Waals surface area contributed by atoms with Gasteiger partial charge in [0, 0.05) is 35.8 Å². The summed E-state index contributed by atoms with van der Waals surface area (Å²) < 4.78 is 40.1. The molecule has 1 aliphatic heterocycles. The molecule has 4 rings (SSSR count). The first kappa shape index (κ1) is 32.1. The Bertz CT molecular complexity index is 1560. The molecule has 0 radical (unpaired) electrons. The number of ether oxygens (including phenoxy) is 1. The maximum absolute atomic E-state index is 13.5. The van der Waals surface area contributed by atoms with E-state index < -0.39 is 28.2 Å². The van der Waals surface area contributed by atoms with E-state index in [9.17, 15) is 23.1 Å². The molecule has 43 heavy (non-hydrogen) atoms. The van der Waals surface area contributed by atoms with Gasteiger partial charge in [-0.3, -0.25) is 9.52 Å². The molecule has 3 atom stereocenters. The monoisotopic (exact) mass is 633 g/mol. The quantitative estimate of drug-likeness (QED) is 0.336. The smallest absolute Gasteiger partial charge is 0.321 e. The van der Waals surface area contributed by atoms with Crippen LogP contribution >= 0.6 is 11.6 Å². The second-order valence-corrected chi connectivity index (χ2v) is 12.9. The Morgan fingerprint density at radius 2 is 1.93 bits per heavy atom. The largest absolute Gasteiger partial charge is 0.488 e. The zero-order valence-electron chi connectivity index (χ0n) is 24.6. The molecule has 1 aliphatic rings. The normalized spacial score (nSPS) is 18.0. The predicted molar refractivity (Wildman–Crippen MR) is 162 cm³/mol. The summed E-state index contributed by atoms with van der Waals surface area (Å²) in [6.45, 7) is 7.29. The van der Waals surface area contributed by atoms with E-state index in [1.807, 2.05) is 6.92 Å². The standard InChI is InChI=1S/C29H36ClN5O7S/c1-17-14-35(18(2)16-36)27(37)13-21-12-23(33-43(39,40)24-9-6-22(30)7-10-24)8-11-25(21)41-26(17)15-34(5)29(38)31-28-19(3)32-42-20(28)4/h6-12,17-18,26,33,36H,13-16H2,1-5H3,(H,31,38)/t17-,18+,26+/m1/s1. The van der Waals surface area contributed by atoms with Gasteiger partial charge in [-0.25, -0.2) is 13.2 Å². The Kier molecular flexibility index (Phi) is 9.88. The zero-order valence-corrected chi connectivity index (χ0v) is 26.2. The number of aryl methyl sites for hydroxylation is 2. The highest BCUT2D eigenvalue weighted by molar-refractivity contribution is 7.92. The highest BCUT2D eigenvalue weighted by atomic mass is 35.5. The lowest BCUT2D eigenvalue weighted by Gasteiger charge is -2.34. The average molecular weight is 634 g/mol. The summed E-state index contributed by atoms with van der Waals surface area (Å²) >= 11 is 5.90. The third kappa shape index (κ3) is 7.59. The van der Waals surface area contributed by atoms with Crippen molar-refractivity contribution < 1.29 is 32.4 Å². The van der Waals surface area contributed by atoms with Gasteiger partial charge in [-0.05, 0) is 63.2 Å². The number of amides is 3. The number of benzene rings is 2. The lowest BCUT2D eigenvalue weighted by Crippen LogP contribution is -2.48. The molecule has 0 fully saturated rings. The molecule has 12 nitrogen and oxygen atoms in total. The zero-order chi connectivity index (χ0) is 31.5. The minimum Gasteiger partial charge on any atom is -0.488 e. The first-order valence-corrected chi connectivity index (χ1v) is 15.6. The first-order chi connectivity index (χ1) is 20.3. The van der Waals surface area contributed by atoms with Crippen LogP contribution in [0.3, 0.4) is 0 Å². The van der Waals surface area contributed by atoms with Gasteiger partial charge in [-0.1, -0.05) is 23.7 Å². The number of hydrogen-bond acceptors (Lipinski definition) is 8. The Hall–Kier alpha value is -3.81. The molecular formula is C29H36ClN5O7S. The Balaban J connectivity index is 1.62. The summed E-state index contributed by atoms with van der Waals surface area (Å²) in [7, 11) is -2.30. The second kappa shape index (κ2) is 13.2. The first-order valence-electron chi connectivity index (χ1n) is 13.7. The van der Waals surface area contributed by atoms with E-state index in [4.69, 9.17) is 20.9 Å². The number of likely N-dealkylation sites (N-methyl/N-ethyl adjacent to an activating group) is 1. The maximum Gasteiger partial charge on any atom is 0.321 e. The molecule has 14 heteroatoms. The fraction of sp³-hybridized carbons (Fsp3) is 0.414. The number of urea groups is 1. The summed E-state index contributed by atoms with van der Waals surface area (Å²) in [6, 6.07) is 9.62. The number of aromatic nitrogens is 1. The summed E-state index contributed by atoms with van der Waals surface area (Å²) in [5.41, 5.74) is 1.74. The Labute approximate surface area is 256 Å². The van der Waals surface area contributed by atoms with Crippen LogP contribution in [0.2, 0.25) is 5.02 Å². The van der Waals surface area contributed by atoms with E-state index in [0.717, 1.165) is 0 Å². The van der Waals surface area contributed by atoms with Gasteiger partial charge in [0.1, 0.15) is 23.2 Å². The van der Waals surface area contributed by atoms with Crippen molar-refractivity contribution >= 4 is 44.9 Å². The van der Waals surface area contributed by atoms with E-state index in [-0.39, 0.29) is 48.5 Å². The predicted octanol–water partition coefficient (Wildman–Crippen LogP) is 4.06. The Morgan fingerprint density at radius 1 is 1.23 bits per heavy atom. The second-order valence-electron chi connectivity index (χ2n) is 10.8. The molecular weight excluding hydrogens is 598 g/mol. The lowest BCUT2D eigenvalue weighted by atomic mass is 10.0. The van der Waals surface area contributed by atoms with Crippen molar-refractivity contribution in [2.24, 2.45) is 5.92 Å². The third-order valence-corrected chi connectivity index (χ3v) is 9.01. The number of anilines is 2. The van der Waals surface area contributed by atoms with Gasteiger partial charge in [-0.2, -0.15) is 0 Å². The van der Waals surface area contributed by atoms with Crippen molar-refractivity contribution in [1.29, 1.82) is 0 Å². The van der Waals surface area contributed by atoms with Crippen molar-refractivity contribution in [2.45, 2.75) is 51.2 Å². The van der Waals surface area contributed by atoms with Crippen LogP contribution in [0.15, 0.2) is 51.9 Å². The van der Waals surface area contributed by atoms with Crippen LogP contribution in [0.5, 0.6) is 5.75 Å². The third-order valence-electron chi connectivity index (χ3n) is 7.36. The molecule has 2 aromatic carbocycles. The molecule has 0 saturated carbocycles. The van der Waals surface area contributed by atoms with Crippen molar-refractivity contribution in [3.63, 3.8) is 0 Å². The summed E-state index contributed by atoms with van der Waals surface area (Å²) in [4.78, 5) is 29.6. The van der Waals surface area contributed by atoms with Gasteiger partial charge in [0.05, 0.1) is 30.5 Å². The van der Waals surface area contributed by atoms with Gasteiger partial charge < -0.3 is 29.5 Å². The van der Waals surface area contributed by atoms with Gasteiger partial charge in [0.2, 0.25) is 5.91 Å². The fourth-order valence-electron chi connectivity index (χ4n) is 4.76. The number of fused-ring (bicyclic) bond motifs is 1. The molecule has 0 unspecified atom stereocenters. The number of aliphatic hydroxyl groups excluding tert-OH is 1. The lowest BCUT2D eigenvalue weighted by molar-refractivity contribution is -0.134. The van der Waals surface area contributed by atoms with Crippen molar-refractivity contribution in [3.05, 3.63) is 64.5 Å². The fourth-order valence-corrected chi connectivity index (χ4v) is 5.93. The van der Waals surface area contributed by atoms with Crippen LogP contribution in [-0.4, -0.2) is 79.3 Å². The average Bonchev–Trinajstić information content (AvgIpc) is 3.29. The van der Waals surface area contributed by atoms with Crippen molar-refractivity contribution in [3.8, 4) is 5.75 Å². The summed E-state index contributed by atoms with van der Waals surface area (Å²) in [5, 5.41) is 17.0. The van der Waals surface area contributed by atoms with Gasteiger partial charge in [0.25, 0.3) is 10.0 Å². The number of carbonyl (C=O) groups is 2. The number of nitrogens with zero attached hydrogens (tertiary/aromatic N) is 3. The van der Waals surface area contributed by atoms with Crippen molar-refractivity contribution in [1.82, 2.24) is 15.0 Å².